The molecule has 0 fully saturated rings. The third-order valence-corrected chi connectivity index (χ3v) is 3.03. The smallest absolute Gasteiger partial charge is 0.349 e. The maximum absolute atomic E-state index is 11.7. The highest BCUT2D eigenvalue weighted by Gasteiger charge is 2.10. The van der Waals surface area contributed by atoms with Crippen LogP contribution in [0, 0.1) is 17.0 Å². The normalized spacial score (nSPS) is 10.1. The van der Waals surface area contributed by atoms with Gasteiger partial charge in [0.25, 0.3) is 5.69 Å². The first-order valence-electron chi connectivity index (χ1n) is 6.30. The molecule has 0 aromatic heterocycles. The number of aryl methyl sites for hydroxylation is 1. The monoisotopic (exact) mass is 321 g/mol. The van der Waals surface area contributed by atoms with Gasteiger partial charge in [-0.2, -0.15) is 0 Å². The number of nitro benzene ring substituents is 1. The van der Waals surface area contributed by atoms with Gasteiger partial charge in [0.05, 0.1) is 9.95 Å². The standard InChI is InChI=1S/C15H12ClNO5/c1-10-2-7-13(16)14(8-10)22-15(18)9-21-12-5-3-11(4-6-12)17(19)20/h2-8H,9H2,1H3. The number of nitro groups is 1. The van der Waals surface area contributed by atoms with Crippen LogP contribution in [0.1, 0.15) is 5.56 Å². The summed E-state index contributed by atoms with van der Waals surface area (Å²) in [6.45, 7) is 1.52. The molecular weight excluding hydrogens is 310 g/mol. The van der Waals surface area contributed by atoms with Crippen LogP contribution in [-0.4, -0.2) is 17.5 Å². The molecule has 0 heterocycles. The molecule has 0 atom stereocenters. The van der Waals surface area contributed by atoms with Gasteiger partial charge in [0.15, 0.2) is 6.61 Å². The Morgan fingerprint density at radius 2 is 1.91 bits per heavy atom. The molecule has 114 valence electrons. The van der Waals surface area contributed by atoms with Crippen molar-refractivity contribution in [2.24, 2.45) is 0 Å². The van der Waals surface area contributed by atoms with Gasteiger partial charge in [-0.25, -0.2) is 4.79 Å². The molecule has 2 aromatic carbocycles. The highest BCUT2D eigenvalue weighted by Crippen LogP contribution is 2.25. The van der Waals surface area contributed by atoms with Crippen LogP contribution < -0.4 is 9.47 Å². The molecule has 0 N–H and O–H groups in total. The Hall–Kier alpha value is -2.60. The van der Waals surface area contributed by atoms with Crippen molar-refractivity contribution in [3.05, 3.63) is 63.2 Å². The van der Waals surface area contributed by atoms with Crippen LogP contribution in [0.4, 0.5) is 5.69 Å². The predicted molar refractivity (Wildman–Crippen MR) is 80.4 cm³/mol. The quantitative estimate of drug-likeness (QED) is 0.364. The molecule has 6 nitrogen and oxygen atoms in total. The molecule has 0 aliphatic rings. The number of benzene rings is 2. The van der Waals surface area contributed by atoms with Crippen molar-refractivity contribution >= 4 is 23.3 Å². The second-order valence-electron chi connectivity index (χ2n) is 4.45. The number of hydrogen-bond acceptors (Lipinski definition) is 5. The van der Waals surface area contributed by atoms with Crippen molar-refractivity contribution in [3.8, 4) is 11.5 Å². The first kappa shape index (κ1) is 15.8. The molecule has 0 aliphatic carbocycles. The third kappa shape index (κ3) is 4.20. The lowest BCUT2D eigenvalue weighted by atomic mass is 10.2. The number of ether oxygens (including phenoxy) is 2. The zero-order valence-electron chi connectivity index (χ0n) is 11.6. The second kappa shape index (κ2) is 6.91. The Labute approximate surface area is 131 Å². The van der Waals surface area contributed by atoms with Crippen molar-refractivity contribution in [2.75, 3.05) is 6.61 Å². The lowest BCUT2D eigenvalue weighted by Gasteiger charge is -2.08. The Bertz CT molecular complexity index is 700. The number of halogens is 1. The van der Waals surface area contributed by atoms with E-state index in [0.29, 0.717) is 10.8 Å². The number of carbonyl (C=O) groups is 1. The molecular formula is C15H12ClNO5. The van der Waals surface area contributed by atoms with E-state index in [4.69, 9.17) is 21.1 Å². The van der Waals surface area contributed by atoms with Gasteiger partial charge in [-0.1, -0.05) is 17.7 Å². The molecule has 2 aromatic rings. The molecule has 0 aliphatic heterocycles. The summed E-state index contributed by atoms with van der Waals surface area (Å²) in [6.07, 6.45) is 0. The van der Waals surface area contributed by atoms with Gasteiger partial charge in [-0.3, -0.25) is 10.1 Å². The van der Waals surface area contributed by atoms with Crippen LogP contribution in [0.15, 0.2) is 42.5 Å². The Kier molecular flexibility index (Phi) is 4.95. The van der Waals surface area contributed by atoms with E-state index < -0.39 is 10.9 Å². The first-order chi connectivity index (χ1) is 10.5. The van der Waals surface area contributed by atoms with Crippen LogP contribution in [0.5, 0.6) is 11.5 Å². The average Bonchev–Trinajstić information content (AvgIpc) is 2.49. The second-order valence-corrected chi connectivity index (χ2v) is 4.85. The minimum atomic E-state index is -0.620. The van der Waals surface area contributed by atoms with Gasteiger partial charge < -0.3 is 9.47 Å². The first-order valence-corrected chi connectivity index (χ1v) is 6.67. The van der Waals surface area contributed by atoms with E-state index in [0.717, 1.165) is 5.56 Å². The molecule has 0 spiro atoms. The van der Waals surface area contributed by atoms with E-state index in [1.807, 2.05) is 6.92 Å². The average molecular weight is 322 g/mol. The Morgan fingerprint density at radius 1 is 1.23 bits per heavy atom. The summed E-state index contributed by atoms with van der Waals surface area (Å²) in [5, 5.41) is 10.8. The van der Waals surface area contributed by atoms with Crippen molar-refractivity contribution in [3.63, 3.8) is 0 Å². The summed E-state index contributed by atoms with van der Waals surface area (Å²) in [5.41, 5.74) is 0.852. The Balaban J connectivity index is 1.92. The van der Waals surface area contributed by atoms with Crippen LogP contribution in [0.3, 0.4) is 0 Å². The number of nitrogens with zero attached hydrogens (tertiary/aromatic N) is 1. The maximum Gasteiger partial charge on any atom is 0.349 e. The summed E-state index contributed by atoms with van der Waals surface area (Å²) in [5.74, 6) is -0.0253. The van der Waals surface area contributed by atoms with Crippen LogP contribution in [0.2, 0.25) is 5.02 Å². The number of rotatable bonds is 5. The molecule has 0 bridgehead atoms. The molecule has 2 rings (SSSR count). The van der Waals surface area contributed by atoms with E-state index >= 15 is 0 Å². The van der Waals surface area contributed by atoms with Crippen molar-refractivity contribution in [1.82, 2.24) is 0 Å². The summed E-state index contributed by atoms with van der Waals surface area (Å²) < 4.78 is 10.3. The van der Waals surface area contributed by atoms with E-state index in [1.165, 1.54) is 24.3 Å². The van der Waals surface area contributed by atoms with E-state index in [2.05, 4.69) is 0 Å². The zero-order chi connectivity index (χ0) is 16.1. The summed E-state index contributed by atoms with van der Waals surface area (Å²) in [4.78, 5) is 21.7. The molecule has 0 unspecified atom stereocenters. The van der Waals surface area contributed by atoms with Crippen LogP contribution in [0.25, 0.3) is 0 Å². The topological polar surface area (TPSA) is 78.7 Å². The van der Waals surface area contributed by atoms with Crippen molar-refractivity contribution < 1.29 is 19.2 Å². The fourth-order valence-corrected chi connectivity index (χ4v) is 1.80. The van der Waals surface area contributed by atoms with Gasteiger partial charge in [0.1, 0.15) is 11.5 Å². The van der Waals surface area contributed by atoms with E-state index in [9.17, 15) is 14.9 Å². The highest BCUT2D eigenvalue weighted by molar-refractivity contribution is 6.32. The minimum absolute atomic E-state index is 0.0542. The third-order valence-electron chi connectivity index (χ3n) is 2.71. The lowest BCUT2D eigenvalue weighted by molar-refractivity contribution is -0.384. The number of hydrogen-bond donors (Lipinski definition) is 0. The largest absolute Gasteiger partial charge is 0.482 e. The van der Waals surface area contributed by atoms with E-state index in [-0.39, 0.29) is 18.0 Å². The fourth-order valence-electron chi connectivity index (χ4n) is 1.65. The molecule has 0 saturated carbocycles. The SMILES string of the molecule is Cc1ccc(Cl)c(OC(=O)COc2ccc([N+](=O)[O-])cc2)c1. The fraction of sp³-hybridized carbons (Fsp3) is 0.133. The van der Waals surface area contributed by atoms with Gasteiger partial charge in [-0.05, 0) is 36.8 Å². The van der Waals surface area contributed by atoms with Gasteiger partial charge in [-0.15, -0.1) is 0 Å². The van der Waals surface area contributed by atoms with Crippen LogP contribution in [-0.2, 0) is 4.79 Å². The van der Waals surface area contributed by atoms with Gasteiger partial charge in [0, 0.05) is 12.1 Å². The number of esters is 1. The lowest BCUT2D eigenvalue weighted by Crippen LogP contribution is -2.17. The van der Waals surface area contributed by atoms with Crippen LogP contribution >= 0.6 is 11.6 Å². The van der Waals surface area contributed by atoms with Gasteiger partial charge in [0.2, 0.25) is 0 Å². The Morgan fingerprint density at radius 3 is 2.55 bits per heavy atom. The minimum Gasteiger partial charge on any atom is -0.482 e. The highest BCUT2D eigenvalue weighted by atomic mass is 35.5. The molecule has 0 amide bonds. The summed E-state index contributed by atoms with van der Waals surface area (Å²) in [7, 11) is 0. The molecule has 7 heteroatoms. The van der Waals surface area contributed by atoms with Gasteiger partial charge >= 0.3 is 5.97 Å². The van der Waals surface area contributed by atoms with Crippen molar-refractivity contribution in [1.29, 1.82) is 0 Å². The molecule has 0 radical (unpaired) electrons. The van der Waals surface area contributed by atoms with Crippen molar-refractivity contribution in [2.45, 2.75) is 6.92 Å². The maximum atomic E-state index is 11.7. The summed E-state index contributed by atoms with van der Waals surface area (Å²) >= 11 is 5.92. The molecule has 0 saturated heterocycles. The predicted octanol–water partition coefficient (Wildman–Crippen LogP) is 3.54. The van der Waals surface area contributed by atoms with E-state index in [1.54, 1.807) is 18.2 Å². The number of carbonyl (C=O) groups excluding carboxylic acids is 1. The zero-order valence-corrected chi connectivity index (χ0v) is 12.4. The molecule has 22 heavy (non-hydrogen) atoms. The number of non-ortho nitro benzene ring substituents is 1. The summed E-state index contributed by atoms with van der Waals surface area (Å²) in [6, 6.07) is 10.5.